The third-order valence-corrected chi connectivity index (χ3v) is 5.45. The fourth-order valence-corrected chi connectivity index (χ4v) is 4.15. The second-order valence-electron chi connectivity index (χ2n) is 5.62. The fraction of sp³-hybridized carbons (Fsp3) is 0.786. The Labute approximate surface area is 114 Å². The monoisotopic (exact) mass is 265 g/mol. The van der Waals surface area contributed by atoms with Gasteiger partial charge in [0.2, 0.25) is 0 Å². The number of fused-ring (bicyclic) bond motifs is 1. The molecule has 18 heavy (non-hydrogen) atoms. The lowest BCUT2D eigenvalue weighted by atomic mass is 9.97. The molecule has 1 aromatic heterocycles. The molecule has 4 heteroatoms. The van der Waals surface area contributed by atoms with Crippen LogP contribution in [-0.2, 0) is 6.42 Å². The van der Waals surface area contributed by atoms with E-state index in [1.54, 1.807) is 11.3 Å². The number of aryl methyl sites for hydroxylation is 1. The van der Waals surface area contributed by atoms with Crippen molar-refractivity contribution in [3.8, 4) is 0 Å². The first-order valence-corrected chi connectivity index (χ1v) is 8.07. The zero-order chi connectivity index (χ0) is 12.4. The Morgan fingerprint density at radius 1 is 1.44 bits per heavy atom. The Morgan fingerprint density at radius 2 is 2.39 bits per heavy atom. The van der Waals surface area contributed by atoms with Crippen molar-refractivity contribution in [2.24, 2.45) is 0 Å². The van der Waals surface area contributed by atoms with Crippen LogP contribution in [0.5, 0.6) is 0 Å². The molecule has 3 nitrogen and oxygen atoms in total. The van der Waals surface area contributed by atoms with Gasteiger partial charge in [-0.05, 0) is 52.1 Å². The standard InChI is InChI=1S/C14H23N3S/c1-11-14(18-10-16-11)4-6-15-12-5-8-17-7-2-3-13(17)9-12/h10,12-13,15H,2-9H2,1H3. The zero-order valence-corrected chi connectivity index (χ0v) is 12.0. The molecular weight excluding hydrogens is 242 g/mol. The van der Waals surface area contributed by atoms with Crippen molar-refractivity contribution in [2.75, 3.05) is 19.6 Å². The highest BCUT2D eigenvalue weighted by Gasteiger charge is 2.31. The molecule has 2 unspecified atom stereocenters. The first kappa shape index (κ1) is 12.6. The van der Waals surface area contributed by atoms with Gasteiger partial charge in [-0.25, -0.2) is 4.98 Å². The molecule has 0 radical (unpaired) electrons. The van der Waals surface area contributed by atoms with Crippen LogP contribution in [-0.4, -0.2) is 41.6 Å². The summed E-state index contributed by atoms with van der Waals surface area (Å²) in [5.74, 6) is 0. The Kier molecular flexibility index (Phi) is 3.97. The molecule has 1 aromatic rings. The molecule has 3 rings (SSSR count). The van der Waals surface area contributed by atoms with Crippen LogP contribution in [0.4, 0.5) is 0 Å². The smallest absolute Gasteiger partial charge is 0.0797 e. The molecule has 0 aliphatic carbocycles. The lowest BCUT2D eigenvalue weighted by molar-refractivity contribution is 0.167. The van der Waals surface area contributed by atoms with E-state index in [0.717, 1.165) is 25.0 Å². The minimum atomic E-state index is 0.748. The van der Waals surface area contributed by atoms with Crippen LogP contribution in [0.25, 0.3) is 0 Å². The van der Waals surface area contributed by atoms with Gasteiger partial charge < -0.3 is 10.2 Å². The topological polar surface area (TPSA) is 28.2 Å². The number of piperidine rings is 1. The molecule has 2 aliphatic rings. The average Bonchev–Trinajstić information content (AvgIpc) is 2.98. The summed E-state index contributed by atoms with van der Waals surface area (Å²) in [5.41, 5.74) is 3.18. The SMILES string of the molecule is Cc1ncsc1CCNC1CCN2CCCC2C1. The molecule has 0 amide bonds. The predicted octanol–water partition coefficient (Wildman–Crippen LogP) is 2.21. The highest BCUT2D eigenvalue weighted by atomic mass is 32.1. The number of aromatic nitrogens is 1. The second-order valence-corrected chi connectivity index (χ2v) is 6.56. The van der Waals surface area contributed by atoms with Gasteiger partial charge in [0, 0.05) is 23.5 Å². The molecule has 2 saturated heterocycles. The minimum Gasteiger partial charge on any atom is -0.314 e. The van der Waals surface area contributed by atoms with Crippen LogP contribution in [0.1, 0.15) is 36.3 Å². The summed E-state index contributed by atoms with van der Waals surface area (Å²) in [5, 5.41) is 3.75. The maximum absolute atomic E-state index is 4.31. The number of nitrogens with one attached hydrogen (secondary N) is 1. The van der Waals surface area contributed by atoms with Crippen molar-refractivity contribution in [2.45, 2.75) is 51.1 Å². The molecule has 0 spiro atoms. The van der Waals surface area contributed by atoms with E-state index in [1.165, 1.54) is 49.3 Å². The maximum Gasteiger partial charge on any atom is 0.0797 e. The highest BCUT2D eigenvalue weighted by Crippen LogP contribution is 2.26. The first-order chi connectivity index (χ1) is 8.83. The van der Waals surface area contributed by atoms with E-state index >= 15 is 0 Å². The van der Waals surface area contributed by atoms with Gasteiger partial charge in [-0.3, -0.25) is 0 Å². The van der Waals surface area contributed by atoms with E-state index in [1.807, 2.05) is 5.51 Å². The summed E-state index contributed by atoms with van der Waals surface area (Å²) < 4.78 is 0. The van der Waals surface area contributed by atoms with Gasteiger partial charge in [0.15, 0.2) is 0 Å². The van der Waals surface area contributed by atoms with E-state index in [2.05, 4.69) is 22.1 Å². The van der Waals surface area contributed by atoms with Gasteiger partial charge in [0.1, 0.15) is 0 Å². The number of rotatable bonds is 4. The zero-order valence-electron chi connectivity index (χ0n) is 11.2. The van der Waals surface area contributed by atoms with Crippen molar-refractivity contribution < 1.29 is 0 Å². The molecular formula is C14H23N3S. The van der Waals surface area contributed by atoms with Gasteiger partial charge in [0.25, 0.3) is 0 Å². The molecule has 1 N–H and O–H groups in total. The molecule has 3 heterocycles. The molecule has 2 fully saturated rings. The lowest BCUT2D eigenvalue weighted by Gasteiger charge is -2.35. The van der Waals surface area contributed by atoms with Gasteiger partial charge in [0.05, 0.1) is 11.2 Å². The summed E-state index contributed by atoms with van der Waals surface area (Å²) in [6.45, 7) is 5.88. The van der Waals surface area contributed by atoms with Crippen LogP contribution < -0.4 is 5.32 Å². The molecule has 0 saturated carbocycles. The largest absolute Gasteiger partial charge is 0.314 e. The quantitative estimate of drug-likeness (QED) is 0.905. The van der Waals surface area contributed by atoms with Gasteiger partial charge in [-0.2, -0.15) is 0 Å². The normalized spacial score (nSPS) is 28.5. The van der Waals surface area contributed by atoms with E-state index < -0.39 is 0 Å². The molecule has 2 aliphatic heterocycles. The Balaban J connectivity index is 1.42. The molecule has 0 aromatic carbocycles. The van der Waals surface area contributed by atoms with Gasteiger partial charge in [-0.1, -0.05) is 0 Å². The highest BCUT2D eigenvalue weighted by molar-refractivity contribution is 7.09. The van der Waals surface area contributed by atoms with E-state index in [9.17, 15) is 0 Å². The third-order valence-electron chi connectivity index (χ3n) is 4.45. The summed E-state index contributed by atoms with van der Waals surface area (Å²) in [6.07, 6.45) is 6.67. The van der Waals surface area contributed by atoms with Gasteiger partial charge >= 0.3 is 0 Å². The van der Waals surface area contributed by atoms with Crippen LogP contribution in [0, 0.1) is 6.92 Å². The van der Waals surface area contributed by atoms with Crippen LogP contribution in [0.2, 0.25) is 0 Å². The van der Waals surface area contributed by atoms with E-state index in [4.69, 9.17) is 0 Å². The number of thiazole rings is 1. The lowest BCUT2D eigenvalue weighted by Crippen LogP contribution is -2.46. The Hall–Kier alpha value is -0.450. The maximum atomic E-state index is 4.31. The van der Waals surface area contributed by atoms with E-state index in [-0.39, 0.29) is 0 Å². The average molecular weight is 265 g/mol. The summed E-state index contributed by atoms with van der Waals surface area (Å²) in [6, 6.07) is 1.62. The van der Waals surface area contributed by atoms with Crippen LogP contribution in [0.15, 0.2) is 5.51 Å². The number of hydrogen-bond donors (Lipinski definition) is 1. The fourth-order valence-electron chi connectivity index (χ4n) is 3.37. The summed E-state index contributed by atoms with van der Waals surface area (Å²) in [4.78, 5) is 8.44. The second kappa shape index (κ2) is 5.68. The van der Waals surface area contributed by atoms with Crippen molar-refractivity contribution in [3.63, 3.8) is 0 Å². The number of nitrogens with zero attached hydrogens (tertiary/aromatic N) is 2. The Morgan fingerprint density at radius 3 is 3.22 bits per heavy atom. The summed E-state index contributed by atoms with van der Waals surface area (Å²) in [7, 11) is 0. The third kappa shape index (κ3) is 2.76. The molecule has 0 bridgehead atoms. The van der Waals surface area contributed by atoms with Crippen LogP contribution in [0.3, 0.4) is 0 Å². The van der Waals surface area contributed by atoms with Crippen molar-refractivity contribution in [3.05, 3.63) is 16.1 Å². The summed E-state index contributed by atoms with van der Waals surface area (Å²) >= 11 is 1.79. The van der Waals surface area contributed by atoms with Crippen molar-refractivity contribution >= 4 is 11.3 Å². The first-order valence-electron chi connectivity index (χ1n) is 7.19. The molecule has 2 atom stereocenters. The van der Waals surface area contributed by atoms with E-state index in [0.29, 0.717) is 0 Å². The van der Waals surface area contributed by atoms with Crippen LogP contribution >= 0.6 is 11.3 Å². The number of hydrogen-bond acceptors (Lipinski definition) is 4. The Bertz CT molecular complexity index is 390. The van der Waals surface area contributed by atoms with Gasteiger partial charge in [-0.15, -0.1) is 11.3 Å². The van der Waals surface area contributed by atoms with Crippen molar-refractivity contribution in [1.29, 1.82) is 0 Å². The molecule has 100 valence electrons. The van der Waals surface area contributed by atoms with Crippen molar-refractivity contribution in [1.82, 2.24) is 15.2 Å². The minimum absolute atomic E-state index is 0.748. The predicted molar refractivity (Wildman–Crippen MR) is 76.2 cm³/mol.